The second kappa shape index (κ2) is 8.89. The van der Waals surface area contributed by atoms with Crippen molar-refractivity contribution >= 4 is 40.9 Å². The van der Waals surface area contributed by atoms with Crippen molar-refractivity contribution in [2.75, 3.05) is 10.6 Å². The van der Waals surface area contributed by atoms with Crippen molar-refractivity contribution in [1.29, 1.82) is 0 Å². The Hall–Kier alpha value is -3.84. The summed E-state index contributed by atoms with van der Waals surface area (Å²) in [7, 11) is 0. The van der Waals surface area contributed by atoms with E-state index in [9.17, 15) is 14.4 Å². The number of rotatable bonds is 5. The summed E-state index contributed by atoms with van der Waals surface area (Å²) in [4.78, 5) is 36.5. The first kappa shape index (κ1) is 20.4. The average molecular weight is 437 g/mol. The van der Waals surface area contributed by atoms with E-state index in [4.69, 9.17) is 21.1 Å². The number of halogens is 1. The van der Waals surface area contributed by atoms with E-state index in [2.05, 4.69) is 10.6 Å². The van der Waals surface area contributed by atoms with Crippen molar-refractivity contribution in [3.63, 3.8) is 0 Å². The number of anilines is 2. The number of carbonyl (C=O) groups is 3. The number of amides is 2. The third-order valence-electron chi connectivity index (χ3n) is 4.57. The van der Waals surface area contributed by atoms with Gasteiger partial charge in [-0.15, -0.1) is 0 Å². The Morgan fingerprint density at radius 3 is 2.58 bits per heavy atom. The summed E-state index contributed by atoms with van der Waals surface area (Å²) < 4.78 is 10.1. The molecule has 7 nitrogen and oxygen atoms in total. The molecule has 2 N–H and O–H groups in total. The van der Waals surface area contributed by atoms with Crippen molar-refractivity contribution < 1.29 is 23.9 Å². The first-order chi connectivity index (χ1) is 15.0. The van der Waals surface area contributed by atoms with E-state index < -0.39 is 18.0 Å². The minimum Gasteiger partial charge on any atom is -0.457 e. The molecule has 0 aliphatic carbocycles. The number of fused-ring (bicyclic) bond motifs is 1. The predicted octanol–water partition coefficient (Wildman–Crippen LogP) is 5.01. The summed E-state index contributed by atoms with van der Waals surface area (Å²) in [6, 6.07) is 18.7. The lowest BCUT2D eigenvalue weighted by molar-refractivity contribution is 0.0535. The van der Waals surface area contributed by atoms with Gasteiger partial charge in [-0.2, -0.15) is 0 Å². The van der Waals surface area contributed by atoms with Gasteiger partial charge in [0.15, 0.2) is 0 Å². The third-order valence-corrected chi connectivity index (χ3v) is 4.78. The van der Waals surface area contributed by atoms with Crippen LogP contribution >= 0.6 is 11.6 Å². The normalized spacial score (nSPS) is 12.0. The van der Waals surface area contributed by atoms with E-state index in [0.717, 1.165) is 11.1 Å². The number of benzene rings is 3. The summed E-state index contributed by atoms with van der Waals surface area (Å²) in [6.07, 6.45) is -0.672. The monoisotopic (exact) mass is 436 g/mol. The molecule has 1 aliphatic rings. The van der Waals surface area contributed by atoms with E-state index in [1.807, 2.05) is 30.3 Å². The van der Waals surface area contributed by atoms with Crippen molar-refractivity contribution in [3.05, 3.63) is 94.0 Å². The molecule has 2 amide bonds. The lowest BCUT2D eigenvalue weighted by Gasteiger charge is -2.10. The smallest absolute Gasteiger partial charge is 0.411 e. The van der Waals surface area contributed by atoms with Crippen LogP contribution in [0.3, 0.4) is 0 Å². The first-order valence-electron chi connectivity index (χ1n) is 9.37. The van der Waals surface area contributed by atoms with Crippen LogP contribution in [0.15, 0.2) is 66.7 Å². The van der Waals surface area contributed by atoms with Crippen LogP contribution in [0.1, 0.15) is 31.8 Å². The van der Waals surface area contributed by atoms with Gasteiger partial charge in [-0.25, -0.2) is 9.59 Å². The number of ether oxygens (including phenoxy) is 2. The largest absolute Gasteiger partial charge is 0.457 e. The van der Waals surface area contributed by atoms with Gasteiger partial charge in [0.25, 0.3) is 5.91 Å². The number of esters is 1. The fraction of sp³-hybridized carbons (Fsp3) is 0.0870. The topological polar surface area (TPSA) is 93.7 Å². The summed E-state index contributed by atoms with van der Waals surface area (Å²) in [5.41, 5.74) is 3.03. The van der Waals surface area contributed by atoms with Crippen LogP contribution in [-0.4, -0.2) is 18.0 Å². The van der Waals surface area contributed by atoms with Gasteiger partial charge in [0.1, 0.15) is 13.2 Å². The highest BCUT2D eigenvalue weighted by Gasteiger charge is 2.21. The van der Waals surface area contributed by atoms with Gasteiger partial charge < -0.3 is 14.8 Å². The molecule has 0 saturated heterocycles. The van der Waals surface area contributed by atoms with E-state index in [0.29, 0.717) is 16.9 Å². The fourth-order valence-corrected chi connectivity index (χ4v) is 3.30. The second-order valence-corrected chi connectivity index (χ2v) is 7.25. The number of cyclic esters (lactones) is 1. The van der Waals surface area contributed by atoms with Gasteiger partial charge in [0.2, 0.25) is 0 Å². The van der Waals surface area contributed by atoms with Crippen LogP contribution in [0.25, 0.3) is 0 Å². The molecule has 0 aromatic heterocycles. The third kappa shape index (κ3) is 5.02. The van der Waals surface area contributed by atoms with E-state index >= 15 is 0 Å². The van der Waals surface area contributed by atoms with Crippen molar-refractivity contribution in [2.24, 2.45) is 0 Å². The Morgan fingerprint density at radius 2 is 1.77 bits per heavy atom. The SMILES string of the molecule is O=C(Nc1cc(Cl)cc(C(=O)Nc2ccc3c(c2)C(=O)OC3)c1)OCc1ccccc1. The van der Waals surface area contributed by atoms with E-state index in [1.165, 1.54) is 18.2 Å². The van der Waals surface area contributed by atoms with E-state index in [1.54, 1.807) is 18.2 Å². The molecule has 1 aliphatic heterocycles. The van der Waals surface area contributed by atoms with Crippen molar-refractivity contribution in [1.82, 2.24) is 0 Å². The highest BCUT2D eigenvalue weighted by Crippen LogP contribution is 2.25. The summed E-state index contributed by atoms with van der Waals surface area (Å²) in [5.74, 6) is -0.871. The molecule has 0 atom stereocenters. The van der Waals surface area contributed by atoms with Crippen LogP contribution in [0.5, 0.6) is 0 Å². The zero-order valence-corrected chi connectivity index (χ0v) is 16.9. The van der Waals surface area contributed by atoms with Crippen LogP contribution in [0, 0.1) is 0 Å². The molecule has 8 heteroatoms. The summed E-state index contributed by atoms with van der Waals surface area (Å²) in [5, 5.41) is 5.55. The second-order valence-electron chi connectivity index (χ2n) is 6.82. The molecule has 0 bridgehead atoms. The molecule has 31 heavy (non-hydrogen) atoms. The summed E-state index contributed by atoms with van der Waals surface area (Å²) in [6.45, 7) is 0.341. The Morgan fingerprint density at radius 1 is 0.968 bits per heavy atom. The van der Waals surface area contributed by atoms with Gasteiger partial charge >= 0.3 is 12.1 Å². The zero-order chi connectivity index (χ0) is 21.8. The molecule has 3 aromatic carbocycles. The Balaban J connectivity index is 1.42. The maximum Gasteiger partial charge on any atom is 0.411 e. The minimum atomic E-state index is -0.672. The fourth-order valence-electron chi connectivity index (χ4n) is 3.06. The van der Waals surface area contributed by atoms with Crippen LogP contribution in [-0.2, 0) is 22.7 Å². The molecule has 0 spiro atoms. The molecule has 156 valence electrons. The highest BCUT2D eigenvalue weighted by molar-refractivity contribution is 6.31. The lowest BCUT2D eigenvalue weighted by Crippen LogP contribution is -2.16. The molecule has 0 fully saturated rings. The molecule has 0 saturated carbocycles. The Kier molecular flexibility index (Phi) is 5.86. The lowest BCUT2D eigenvalue weighted by atomic mass is 10.1. The maximum atomic E-state index is 12.7. The standard InChI is InChI=1S/C23H17ClN2O5/c24-17-8-16(21(27)25-18-7-6-15-13-30-22(28)20(15)11-18)9-19(10-17)26-23(29)31-12-14-4-2-1-3-5-14/h1-11H,12-13H2,(H,25,27)(H,26,29). The quantitative estimate of drug-likeness (QED) is 0.548. The number of hydrogen-bond donors (Lipinski definition) is 2. The van der Waals surface area contributed by atoms with Gasteiger partial charge in [-0.1, -0.05) is 48.0 Å². The molecule has 4 rings (SSSR count). The van der Waals surface area contributed by atoms with Crippen LogP contribution in [0.4, 0.5) is 16.2 Å². The Labute approximate surface area is 182 Å². The zero-order valence-electron chi connectivity index (χ0n) is 16.2. The van der Waals surface area contributed by atoms with Crippen molar-refractivity contribution in [2.45, 2.75) is 13.2 Å². The molecular formula is C23H17ClN2O5. The molecule has 3 aromatic rings. The minimum absolute atomic E-state index is 0.112. The van der Waals surface area contributed by atoms with E-state index in [-0.39, 0.29) is 23.8 Å². The Bertz CT molecular complexity index is 1160. The van der Waals surface area contributed by atoms with Gasteiger partial charge in [0.05, 0.1) is 5.56 Å². The molecular weight excluding hydrogens is 420 g/mol. The maximum absolute atomic E-state index is 12.7. The molecule has 0 unspecified atom stereocenters. The molecule has 1 heterocycles. The number of nitrogens with one attached hydrogen (secondary N) is 2. The first-order valence-corrected chi connectivity index (χ1v) is 9.75. The van der Waals surface area contributed by atoms with Gasteiger partial charge in [0, 0.05) is 27.5 Å². The number of carbonyl (C=O) groups excluding carboxylic acids is 3. The highest BCUT2D eigenvalue weighted by atomic mass is 35.5. The number of hydrogen-bond acceptors (Lipinski definition) is 5. The van der Waals surface area contributed by atoms with Crippen molar-refractivity contribution in [3.8, 4) is 0 Å². The van der Waals surface area contributed by atoms with Crippen LogP contribution in [0.2, 0.25) is 5.02 Å². The van der Waals surface area contributed by atoms with Gasteiger partial charge in [-0.3, -0.25) is 10.1 Å². The average Bonchev–Trinajstić information content (AvgIpc) is 3.13. The molecule has 0 radical (unpaired) electrons. The predicted molar refractivity (Wildman–Crippen MR) is 115 cm³/mol. The summed E-state index contributed by atoms with van der Waals surface area (Å²) >= 11 is 6.12. The van der Waals surface area contributed by atoms with Gasteiger partial charge in [-0.05, 0) is 35.9 Å². The van der Waals surface area contributed by atoms with Crippen LogP contribution < -0.4 is 10.6 Å².